The van der Waals surface area contributed by atoms with Crippen LogP contribution in [0.2, 0.25) is 0 Å². The molecule has 1 heterocycles. The van der Waals surface area contributed by atoms with Gasteiger partial charge in [0.25, 0.3) is 0 Å². The highest BCUT2D eigenvalue weighted by atomic mass is 16.5. The van der Waals surface area contributed by atoms with Crippen molar-refractivity contribution in [3.05, 3.63) is 78.0 Å². The molecule has 0 aliphatic heterocycles. The summed E-state index contributed by atoms with van der Waals surface area (Å²) in [6.45, 7) is 1.57. The highest BCUT2D eigenvalue weighted by Crippen LogP contribution is 2.15. The van der Waals surface area contributed by atoms with Gasteiger partial charge in [0.05, 0.1) is 7.11 Å². The summed E-state index contributed by atoms with van der Waals surface area (Å²) in [5.74, 6) is 2.42. The Morgan fingerprint density at radius 1 is 1.00 bits per heavy atom. The van der Waals surface area contributed by atoms with Gasteiger partial charge < -0.3 is 15.0 Å². The SMILES string of the molecule is COc1cccc(CCNc2ccnc(N(C)Cc3ccccc3)n2)c1. The first-order valence-electron chi connectivity index (χ1n) is 8.69. The summed E-state index contributed by atoms with van der Waals surface area (Å²) in [7, 11) is 3.69. The lowest BCUT2D eigenvalue weighted by molar-refractivity contribution is 0.414. The van der Waals surface area contributed by atoms with E-state index in [1.807, 2.05) is 48.3 Å². The minimum atomic E-state index is 0.709. The Morgan fingerprint density at radius 2 is 1.81 bits per heavy atom. The average Bonchev–Trinajstić information content (AvgIpc) is 2.69. The summed E-state index contributed by atoms with van der Waals surface area (Å²) in [4.78, 5) is 11.0. The van der Waals surface area contributed by atoms with Crippen molar-refractivity contribution in [1.29, 1.82) is 0 Å². The zero-order chi connectivity index (χ0) is 18.2. The van der Waals surface area contributed by atoms with E-state index in [-0.39, 0.29) is 0 Å². The van der Waals surface area contributed by atoms with Crippen LogP contribution in [0.3, 0.4) is 0 Å². The normalized spacial score (nSPS) is 10.4. The van der Waals surface area contributed by atoms with Crippen LogP contribution >= 0.6 is 0 Å². The third kappa shape index (κ3) is 4.96. The van der Waals surface area contributed by atoms with Gasteiger partial charge in [-0.3, -0.25) is 0 Å². The molecule has 3 rings (SSSR count). The van der Waals surface area contributed by atoms with Gasteiger partial charge in [-0.25, -0.2) is 4.98 Å². The predicted molar refractivity (Wildman–Crippen MR) is 106 cm³/mol. The molecule has 1 aromatic heterocycles. The number of rotatable bonds is 8. The number of benzene rings is 2. The zero-order valence-electron chi connectivity index (χ0n) is 15.2. The molecule has 0 saturated carbocycles. The Hall–Kier alpha value is -3.08. The lowest BCUT2D eigenvalue weighted by Gasteiger charge is -2.17. The van der Waals surface area contributed by atoms with Crippen molar-refractivity contribution < 1.29 is 4.74 Å². The predicted octanol–water partition coefficient (Wildman–Crippen LogP) is 3.78. The van der Waals surface area contributed by atoms with Crippen LogP contribution in [-0.4, -0.2) is 30.7 Å². The molecule has 0 unspecified atom stereocenters. The Bertz CT molecular complexity index is 823. The number of anilines is 2. The summed E-state index contributed by atoms with van der Waals surface area (Å²) in [5.41, 5.74) is 2.46. The molecule has 0 spiro atoms. The fourth-order valence-corrected chi connectivity index (χ4v) is 2.72. The molecule has 0 radical (unpaired) electrons. The van der Waals surface area contributed by atoms with E-state index in [1.165, 1.54) is 11.1 Å². The zero-order valence-corrected chi connectivity index (χ0v) is 15.2. The Balaban J connectivity index is 1.56. The number of ether oxygens (including phenoxy) is 1. The number of hydrogen-bond donors (Lipinski definition) is 1. The molecule has 0 fully saturated rings. The van der Waals surface area contributed by atoms with Crippen LogP contribution in [0.25, 0.3) is 0 Å². The second kappa shape index (κ2) is 8.85. The minimum absolute atomic E-state index is 0.709. The quantitative estimate of drug-likeness (QED) is 0.671. The van der Waals surface area contributed by atoms with Crippen LogP contribution in [0.5, 0.6) is 5.75 Å². The fraction of sp³-hybridized carbons (Fsp3) is 0.238. The van der Waals surface area contributed by atoms with Crippen molar-refractivity contribution in [2.75, 3.05) is 30.9 Å². The largest absolute Gasteiger partial charge is 0.497 e. The van der Waals surface area contributed by atoms with Gasteiger partial charge in [-0.05, 0) is 35.7 Å². The average molecular weight is 348 g/mol. The molecule has 0 bridgehead atoms. The molecule has 0 atom stereocenters. The molecule has 2 aromatic carbocycles. The van der Waals surface area contributed by atoms with Crippen molar-refractivity contribution in [2.24, 2.45) is 0 Å². The summed E-state index contributed by atoms with van der Waals surface area (Å²) >= 11 is 0. The van der Waals surface area contributed by atoms with E-state index in [4.69, 9.17) is 4.74 Å². The van der Waals surface area contributed by atoms with Crippen molar-refractivity contribution in [2.45, 2.75) is 13.0 Å². The second-order valence-corrected chi connectivity index (χ2v) is 6.11. The fourth-order valence-electron chi connectivity index (χ4n) is 2.72. The van der Waals surface area contributed by atoms with Gasteiger partial charge in [0.2, 0.25) is 5.95 Å². The monoisotopic (exact) mass is 348 g/mol. The first-order chi connectivity index (χ1) is 12.7. The molecule has 0 saturated heterocycles. The van der Waals surface area contributed by atoms with Gasteiger partial charge in [-0.1, -0.05) is 42.5 Å². The summed E-state index contributed by atoms with van der Waals surface area (Å²) in [5, 5.41) is 3.37. The van der Waals surface area contributed by atoms with E-state index in [0.717, 1.165) is 31.1 Å². The third-order valence-corrected chi connectivity index (χ3v) is 4.10. The molecular weight excluding hydrogens is 324 g/mol. The molecule has 0 amide bonds. The first-order valence-corrected chi connectivity index (χ1v) is 8.69. The van der Waals surface area contributed by atoms with E-state index >= 15 is 0 Å². The number of nitrogens with one attached hydrogen (secondary N) is 1. The molecule has 0 aliphatic carbocycles. The third-order valence-electron chi connectivity index (χ3n) is 4.10. The van der Waals surface area contributed by atoms with Gasteiger partial charge in [-0.15, -0.1) is 0 Å². The Labute approximate surface area is 154 Å². The highest BCUT2D eigenvalue weighted by molar-refractivity contribution is 5.41. The Kier molecular flexibility index (Phi) is 6.04. The molecule has 26 heavy (non-hydrogen) atoms. The van der Waals surface area contributed by atoms with E-state index in [2.05, 4.69) is 39.6 Å². The van der Waals surface area contributed by atoms with Gasteiger partial charge in [-0.2, -0.15) is 4.98 Å². The van der Waals surface area contributed by atoms with Crippen LogP contribution in [0, 0.1) is 0 Å². The van der Waals surface area contributed by atoms with Crippen molar-refractivity contribution in [3.63, 3.8) is 0 Å². The van der Waals surface area contributed by atoms with E-state index < -0.39 is 0 Å². The minimum Gasteiger partial charge on any atom is -0.497 e. The first kappa shape index (κ1) is 17.7. The molecule has 3 aromatic rings. The Morgan fingerprint density at radius 3 is 2.62 bits per heavy atom. The second-order valence-electron chi connectivity index (χ2n) is 6.11. The van der Waals surface area contributed by atoms with Crippen LogP contribution in [0.4, 0.5) is 11.8 Å². The number of methoxy groups -OCH3 is 1. The molecule has 0 aliphatic rings. The lowest BCUT2D eigenvalue weighted by atomic mass is 10.1. The molecule has 5 nitrogen and oxygen atoms in total. The van der Waals surface area contributed by atoms with Gasteiger partial charge in [0, 0.05) is 26.3 Å². The topological polar surface area (TPSA) is 50.3 Å². The van der Waals surface area contributed by atoms with Crippen LogP contribution in [-0.2, 0) is 13.0 Å². The van der Waals surface area contributed by atoms with Crippen LogP contribution in [0.15, 0.2) is 66.9 Å². The molecule has 1 N–H and O–H groups in total. The lowest BCUT2D eigenvalue weighted by Crippen LogP contribution is -2.19. The summed E-state index contributed by atoms with van der Waals surface area (Å²) in [6, 6.07) is 20.3. The standard InChI is InChI=1S/C21H24N4O/c1-25(16-18-7-4-3-5-8-18)21-23-14-12-20(24-21)22-13-11-17-9-6-10-19(15-17)26-2/h3-10,12,14-15H,11,13,16H2,1-2H3,(H,22,23,24). The van der Waals surface area contributed by atoms with E-state index in [0.29, 0.717) is 5.95 Å². The number of nitrogens with zero attached hydrogens (tertiary/aromatic N) is 3. The van der Waals surface area contributed by atoms with Crippen LogP contribution < -0.4 is 15.0 Å². The maximum absolute atomic E-state index is 5.26. The van der Waals surface area contributed by atoms with E-state index in [9.17, 15) is 0 Å². The highest BCUT2D eigenvalue weighted by Gasteiger charge is 2.06. The van der Waals surface area contributed by atoms with Crippen molar-refractivity contribution >= 4 is 11.8 Å². The van der Waals surface area contributed by atoms with Crippen molar-refractivity contribution in [3.8, 4) is 5.75 Å². The summed E-state index contributed by atoms with van der Waals surface area (Å²) < 4.78 is 5.26. The smallest absolute Gasteiger partial charge is 0.227 e. The molecule has 5 heteroatoms. The van der Waals surface area contributed by atoms with Gasteiger partial charge >= 0.3 is 0 Å². The van der Waals surface area contributed by atoms with Crippen molar-refractivity contribution in [1.82, 2.24) is 9.97 Å². The molecular formula is C21H24N4O. The van der Waals surface area contributed by atoms with Gasteiger partial charge in [0.1, 0.15) is 11.6 Å². The maximum Gasteiger partial charge on any atom is 0.227 e. The van der Waals surface area contributed by atoms with Crippen LogP contribution in [0.1, 0.15) is 11.1 Å². The number of aromatic nitrogens is 2. The van der Waals surface area contributed by atoms with E-state index in [1.54, 1.807) is 13.3 Å². The molecule has 134 valence electrons. The summed E-state index contributed by atoms with van der Waals surface area (Å²) in [6.07, 6.45) is 2.69. The number of hydrogen-bond acceptors (Lipinski definition) is 5. The van der Waals surface area contributed by atoms with Gasteiger partial charge in [0.15, 0.2) is 0 Å². The maximum atomic E-state index is 5.26.